The third-order valence-corrected chi connectivity index (χ3v) is 5.51. The van der Waals surface area contributed by atoms with Gasteiger partial charge in [0.15, 0.2) is 5.82 Å². The van der Waals surface area contributed by atoms with Gasteiger partial charge >= 0.3 is 0 Å². The van der Waals surface area contributed by atoms with Crippen LogP contribution in [0.2, 0.25) is 0 Å². The molecule has 0 N–H and O–H groups in total. The molecule has 1 heterocycles. The zero-order valence-electron chi connectivity index (χ0n) is 18.9. The van der Waals surface area contributed by atoms with Crippen molar-refractivity contribution < 1.29 is 9.13 Å². The number of halogens is 1. The monoisotopic (exact) mass is 414 g/mol. The van der Waals surface area contributed by atoms with Crippen molar-refractivity contribution in [2.75, 3.05) is 6.61 Å². The van der Waals surface area contributed by atoms with E-state index < -0.39 is 6.17 Å². The molecule has 0 spiro atoms. The first-order valence-electron chi connectivity index (χ1n) is 11.9. The molecule has 1 aromatic carbocycles. The highest BCUT2D eigenvalue weighted by molar-refractivity contribution is 5.55. The second kappa shape index (κ2) is 14.9. The van der Waals surface area contributed by atoms with Crippen LogP contribution in [0.5, 0.6) is 5.75 Å². The molecule has 1 atom stereocenters. The predicted octanol–water partition coefficient (Wildman–Crippen LogP) is 7.73. The van der Waals surface area contributed by atoms with Crippen molar-refractivity contribution in [1.82, 2.24) is 9.97 Å². The maximum atomic E-state index is 13.1. The topological polar surface area (TPSA) is 35.0 Å². The predicted molar refractivity (Wildman–Crippen MR) is 124 cm³/mol. The van der Waals surface area contributed by atoms with E-state index in [0.29, 0.717) is 12.8 Å². The number of unbranched alkanes of at least 4 members (excludes halogenated alkanes) is 7. The van der Waals surface area contributed by atoms with Gasteiger partial charge in [0.1, 0.15) is 5.75 Å². The average molecular weight is 415 g/mol. The Kier molecular flexibility index (Phi) is 12.1. The summed E-state index contributed by atoms with van der Waals surface area (Å²) in [4.78, 5) is 9.06. The number of aromatic nitrogens is 2. The van der Waals surface area contributed by atoms with E-state index in [2.05, 4.69) is 16.9 Å². The maximum absolute atomic E-state index is 13.1. The zero-order valence-corrected chi connectivity index (χ0v) is 18.9. The summed E-state index contributed by atoms with van der Waals surface area (Å²) in [5.74, 6) is 1.65. The van der Waals surface area contributed by atoms with E-state index in [-0.39, 0.29) is 0 Å². The Morgan fingerprint density at radius 1 is 0.833 bits per heavy atom. The molecule has 1 aromatic heterocycles. The van der Waals surface area contributed by atoms with E-state index >= 15 is 0 Å². The number of aryl methyl sites for hydroxylation is 1. The molecule has 0 saturated carbocycles. The van der Waals surface area contributed by atoms with Crippen molar-refractivity contribution in [3.63, 3.8) is 0 Å². The molecule has 0 radical (unpaired) electrons. The van der Waals surface area contributed by atoms with Crippen LogP contribution in [0, 0.1) is 0 Å². The van der Waals surface area contributed by atoms with Gasteiger partial charge < -0.3 is 4.74 Å². The van der Waals surface area contributed by atoms with Gasteiger partial charge in [-0.05, 0) is 61.9 Å². The molecule has 0 aliphatic rings. The van der Waals surface area contributed by atoms with Gasteiger partial charge in [0.25, 0.3) is 0 Å². The summed E-state index contributed by atoms with van der Waals surface area (Å²) in [6, 6.07) is 8.02. The quantitative estimate of drug-likeness (QED) is 0.264. The summed E-state index contributed by atoms with van der Waals surface area (Å²) in [5, 5.41) is 0. The van der Waals surface area contributed by atoms with E-state index in [9.17, 15) is 4.39 Å². The number of rotatable bonds is 16. The lowest BCUT2D eigenvalue weighted by Crippen LogP contribution is -1.98. The van der Waals surface area contributed by atoms with Crippen LogP contribution < -0.4 is 4.74 Å². The van der Waals surface area contributed by atoms with Crippen molar-refractivity contribution >= 4 is 0 Å². The minimum Gasteiger partial charge on any atom is -0.494 e. The lowest BCUT2D eigenvalue weighted by Gasteiger charge is -2.08. The van der Waals surface area contributed by atoms with E-state index in [0.717, 1.165) is 62.3 Å². The van der Waals surface area contributed by atoms with Gasteiger partial charge in [-0.1, -0.05) is 58.8 Å². The van der Waals surface area contributed by atoms with Gasteiger partial charge in [-0.25, -0.2) is 14.4 Å². The molecular weight excluding hydrogens is 375 g/mol. The highest BCUT2D eigenvalue weighted by Crippen LogP contribution is 2.20. The van der Waals surface area contributed by atoms with Crippen molar-refractivity contribution in [2.24, 2.45) is 0 Å². The Labute approximate surface area is 182 Å². The van der Waals surface area contributed by atoms with Crippen LogP contribution >= 0.6 is 0 Å². The number of ether oxygens (including phenoxy) is 1. The SMILES string of the molecule is CCCCCCc1cnc(-c2ccc(OCCCCCCCC(F)CC)cc2)nc1. The van der Waals surface area contributed by atoms with Gasteiger partial charge in [-0.2, -0.15) is 0 Å². The highest BCUT2D eigenvalue weighted by Gasteiger charge is 2.04. The summed E-state index contributed by atoms with van der Waals surface area (Å²) < 4.78 is 19.0. The molecule has 0 aliphatic carbocycles. The van der Waals surface area contributed by atoms with E-state index in [1.165, 1.54) is 31.2 Å². The first-order valence-corrected chi connectivity index (χ1v) is 11.9. The lowest BCUT2D eigenvalue weighted by atomic mass is 10.1. The van der Waals surface area contributed by atoms with Crippen molar-refractivity contribution in [1.29, 1.82) is 0 Å². The van der Waals surface area contributed by atoms with Crippen LogP contribution in [0.3, 0.4) is 0 Å². The fourth-order valence-electron chi connectivity index (χ4n) is 3.48. The van der Waals surface area contributed by atoms with Crippen molar-refractivity contribution in [2.45, 2.75) is 97.1 Å². The van der Waals surface area contributed by atoms with E-state index in [4.69, 9.17) is 4.74 Å². The summed E-state index contributed by atoms with van der Waals surface area (Å²) in [6.45, 7) is 4.87. The Balaban J connectivity index is 1.63. The number of alkyl halides is 1. The molecule has 30 heavy (non-hydrogen) atoms. The Hall–Kier alpha value is -1.97. The molecule has 1 unspecified atom stereocenters. The smallest absolute Gasteiger partial charge is 0.159 e. The Morgan fingerprint density at radius 2 is 1.50 bits per heavy atom. The summed E-state index contributed by atoms with van der Waals surface area (Å²) in [6.07, 6.45) is 16.2. The van der Waals surface area contributed by atoms with Crippen LogP contribution in [0.15, 0.2) is 36.7 Å². The molecule has 2 aromatic rings. The van der Waals surface area contributed by atoms with Crippen molar-refractivity contribution in [3.05, 3.63) is 42.2 Å². The van der Waals surface area contributed by atoms with Crippen LogP contribution in [-0.4, -0.2) is 22.7 Å². The molecule has 166 valence electrons. The molecule has 4 heteroatoms. The third kappa shape index (κ3) is 9.69. The second-order valence-corrected chi connectivity index (χ2v) is 8.16. The summed E-state index contributed by atoms with van der Waals surface area (Å²) in [5.41, 5.74) is 2.22. The zero-order chi connectivity index (χ0) is 21.4. The molecule has 3 nitrogen and oxygen atoms in total. The fraction of sp³-hybridized carbons (Fsp3) is 0.615. The van der Waals surface area contributed by atoms with Crippen LogP contribution in [-0.2, 0) is 6.42 Å². The van der Waals surface area contributed by atoms with Gasteiger partial charge in [0.2, 0.25) is 0 Å². The van der Waals surface area contributed by atoms with Crippen LogP contribution in [0.25, 0.3) is 11.4 Å². The first kappa shape index (κ1) is 24.3. The molecule has 0 saturated heterocycles. The standard InChI is InChI=1S/C26H39FN2O/c1-3-5-6-10-13-22-20-28-26(29-21-22)23-15-17-25(18-16-23)30-19-12-9-7-8-11-14-24(27)4-2/h15-18,20-21,24H,3-14,19H2,1-2H3. The largest absolute Gasteiger partial charge is 0.494 e. The maximum Gasteiger partial charge on any atom is 0.159 e. The lowest BCUT2D eigenvalue weighted by molar-refractivity contribution is 0.290. The van der Waals surface area contributed by atoms with E-state index in [1.54, 1.807) is 0 Å². The number of nitrogens with zero attached hydrogens (tertiary/aromatic N) is 2. The van der Waals surface area contributed by atoms with Gasteiger partial charge in [0.05, 0.1) is 12.8 Å². The molecule has 0 fully saturated rings. The number of benzene rings is 1. The van der Waals surface area contributed by atoms with Gasteiger partial charge in [-0.15, -0.1) is 0 Å². The van der Waals surface area contributed by atoms with Crippen LogP contribution in [0.1, 0.15) is 90.0 Å². The number of hydrogen-bond donors (Lipinski definition) is 0. The highest BCUT2D eigenvalue weighted by atomic mass is 19.1. The average Bonchev–Trinajstić information content (AvgIpc) is 2.79. The first-order chi connectivity index (χ1) is 14.7. The van der Waals surface area contributed by atoms with Gasteiger partial charge in [0, 0.05) is 18.0 Å². The molecule has 0 aliphatic heterocycles. The summed E-state index contributed by atoms with van der Waals surface area (Å²) >= 11 is 0. The molecular formula is C26H39FN2O. The Bertz CT molecular complexity index is 672. The van der Waals surface area contributed by atoms with Crippen LogP contribution in [0.4, 0.5) is 4.39 Å². The fourth-order valence-corrected chi connectivity index (χ4v) is 3.48. The molecule has 2 rings (SSSR count). The second-order valence-electron chi connectivity index (χ2n) is 8.16. The Morgan fingerprint density at radius 3 is 2.20 bits per heavy atom. The van der Waals surface area contributed by atoms with Crippen molar-refractivity contribution in [3.8, 4) is 17.1 Å². The molecule has 0 amide bonds. The molecule has 0 bridgehead atoms. The number of hydrogen-bond acceptors (Lipinski definition) is 3. The normalized spacial score (nSPS) is 12.1. The third-order valence-electron chi connectivity index (χ3n) is 5.51. The van der Waals surface area contributed by atoms with E-state index in [1.807, 2.05) is 43.6 Å². The minimum absolute atomic E-state index is 0.616. The summed E-state index contributed by atoms with van der Waals surface area (Å²) in [7, 11) is 0. The minimum atomic E-state index is -0.616. The van der Waals surface area contributed by atoms with Gasteiger partial charge in [-0.3, -0.25) is 0 Å².